The molecule has 0 radical (unpaired) electrons. The summed E-state index contributed by atoms with van der Waals surface area (Å²) in [6.07, 6.45) is 0.878. The van der Waals surface area contributed by atoms with Gasteiger partial charge in [0, 0.05) is 25.2 Å². The van der Waals surface area contributed by atoms with Crippen LogP contribution in [0.1, 0.15) is 16.8 Å². The number of nitrogens with one attached hydrogen (secondary N) is 2. The molecule has 0 saturated carbocycles. The van der Waals surface area contributed by atoms with Crippen molar-refractivity contribution in [1.29, 1.82) is 0 Å². The van der Waals surface area contributed by atoms with Crippen LogP contribution in [0.3, 0.4) is 0 Å². The Morgan fingerprint density at radius 1 is 0.931 bits per heavy atom. The van der Waals surface area contributed by atoms with Crippen molar-refractivity contribution in [3.8, 4) is 0 Å². The summed E-state index contributed by atoms with van der Waals surface area (Å²) in [7, 11) is 0. The molecule has 2 saturated heterocycles. The van der Waals surface area contributed by atoms with Crippen LogP contribution in [-0.2, 0) is 9.47 Å². The van der Waals surface area contributed by atoms with Gasteiger partial charge in [0.1, 0.15) is 12.5 Å². The Balaban J connectivity index is 1.52. The normalized spacial score (nSPS) is 17.1. The zero-order valence-corrected chi connectivity index (χ0v) is 15.8. The Hall–Kier alpha value is -3.05. The number of hydrogen-bond donors (Lipinski definition) is 2. The van der Waals surface area contributed by atoms with Gasteiger partial charge in [-0.05, 0) is 30.7 Å². The van der Waals surface area contributed by atoms with Gasteiger partial charge in [0.2, 0.25) is 17.8 Å². The van der Waals surface area contributed by atoms with E-state index in [-0.39, 0.29) is 5.95 Å². The van der Waals surface area contributed by atoms with Crippen LogP contribution in [0.25, 0.3) is 0 Å². The van der Waals surface area contributed by atoms with Gasteiger partial charge in [0.05, 0.1) is 19.8 Å². The Labute approximate surface area is 167 Å². The lowest BCUT2D eigenvalue weighted by molar-refractivity contribution is 0.0962. The summed E-state index contributed by atoms with van der Waals surface area (Å²) < 4.78 is 23.9. The number of aromatic nitrogens is 3. The fraction of sp³-hybridized carbons (Fsp3) is 0.444. The molecule has 1 aromatic heterocycles. The van der Waals surface area contributed by atoms with Gasteiger partial charge in [-0.15, -0.1) is 0 Å². The Morgan fingerprint density at radius 2 is 1.66 bits per heavy atom. The maximum atomic E-state index is 13.0. The first-order chi connectivity index (χ1) is 14.2. The van der Waals surface area contributed by atoms with Crippen LogP contribution in [0.5, 0.6) is 0 Å². The molecule has 0 unspecified atom stereocenters. The lowest BCUT2D eigenvalue weighted by atomic mass is 10.2. The minimum absolute atomic E-state index is 0.206. The van der Waals surface area contributed by atoms with Gasteiger partial charge in [-0.2, -0.15) is 15.0 Å². The molecule has 1 amide bonds. The standard InChI is InChI=1S/C18H22FN7O3/c19-14-4-2-13(3-5-14)15(27)23-24-16-20-17(25-7-10-28-11-8-25)22-18(21-16)26-6-1-9-29-12-26/h2-5H,1,6-12H2,(H,23,27)(H,20,21,22,24). The van der Waals surface area contributed by atoms with Crippen LogP contribution in [0.4, 0.5) is 22.2 Å². The quantitative estimate of drug-likeness (QED) is 0.701. The average Bonchev–Trinajstić information content (AvgIpc) is 2.79. The summed E-state index contributed by atoms with van der Waals surface area (Å²) in [4.78, 5) is 29.6. The molecule has 2 aliphatic rings. The summed E-state index contributed by atoms with van der Waals surface area (Å²) >= 11 is 0. The Kier molecular flexibility index (Phi) is 5.96. The van der Waals surface area contributed by atoms with Gasteiger partial charge in [0.25, 0.3) is 5.91 Å². The highest BCUT2D eigenvalue weighted by Crippen LogP contribution is 2.19. The summed E-state index contributed by atoms with van der Waals surface area (Å²) in [5.41, 5.74) is 5.58. The van der Waals surface area contributed by atoms with Crippen LogP contribution >= 0.6 is 0 Å². The van der Waals surface area contributed by atoms with Crippen molar-refractivity contribution in [2.24, 2.45) is 0 Å². The minimum atomic E-state index is -0.429. The predicted octanol–water partition coefficient (Wildman–Crippen LogP) is 0.788. The number of carbonyl (C=O) groups excluding carboxylic acids is 1. The number of nitrogens with zero attached hydrogens (tertiary/aromatic N) is 5. The highest BCUT2D eigenvalue weighted by Gasteiger charge is 2.21. The smallest absolute Gasteiger partial charge is 0.269 e. The van der Waals surface area contributed by atoms with Gasteiger partial charge >= 0.3 is 0 Å². The van der Waals surface area contributed by atoms with Crippen LogP contribution in [0.2, 0.25) is 0 Å². The van der Waals surface area contributed by atoms with Gasteiger partial charge in [-0.1, -0.05) is 0 Å². The van der Waals surface area contributed by atoms with E-state index in [1.165, 1.54) is 24.3 Å². The fourth-order valence-corrected chi connectivity index (χ4v) is 3.00. The Morgan fingerprint density at radius 3 is 2.34 bits per heavy atom. The van der Waals surface area contributed by atoms with E-state index < -0.39 is 11.7 Å². The summed E-state index contributed by atoms with van der Waals surface area (Å²) in [6, 6.07) is 5.25. The number of amides is 1. The number of morpholine rings is 1. The van der Waals surface area contributed by atoms with Crippen molar-refractivity contribution >= 4 is 23.8 Å². The number of carbonyl (C=O) groups is 1. The fourth-order valence-electron chi connectivity index (χ4n) is 3.00. The lowest BCUT2D eigenvalue weighted by Crippen LogP contribution is -2.39. The third kappa shape index (κ3) is 4.87. The third-order valence-electron chi connectivity index (χ3n) is 4.55. The zero-order chi connectivity index (χ0) is 20.1. The number of rotatable bonds is 5. The van der Waals surface area contributed by atoms with Gasteiger partial charge in [-0.25, -0.2) is 4.39 Å². The number of hydrazine groups is 1. The van der Waals surface area contributed by atoms with Crippen molar-refractivity contribution in [2.75, 3.05) is 61.4 Å². The second-order valence-corrected chi connectivity index (χ2v) is 6.60. The van der Waals surface area contributed by atoms with E-state index in [1.807, 2.05) is 9.80 Å². The highest BCUT2D eigenvalue weighted by atomic mass is 19.1. The molecule has 3 heterocycles. The van der Waals surface area contributed by atoms with Crippen molar-refractivity contribution in [1.82, 2.24) is 20.4 Å². The van der Waals surface area contributed by atoms with Crippen LogP contribution in [-0.4, -0.2) is 67.0 Å². The molecule has 4 rings (SSSR count). The van der Waals surface area contributed by atoms with E-state index >= 15 is 0 Å². The molecule has 2 N–H and O–H groups in total. The molecule has 0 bridgehead atoms. The first kappa shape index (κ1) is 19.3. The molecule has 1 aromatic carbocycles. The summed E-state index contributed by atoms with van der Waals surface area (Å²) in [5.74, 6) is 0.344. The Bertz CT molecular complexity index is 804. The van der Waals surface area contributed by atoms with Gasteiger partial charge in [0.15, 0.2) is 0 Å². The summed E-state index contributed by atoms with van der Waals surface area (Å²) in [5, 5.41) is 0. The van der Waals surface area contributed by atoms with E-state index in [2.05, 4.69) is 25.8 Å². The molecule has 2 aromatic rings. The van der Waals surface area contributed by atoms with Gasteiger partial charge < -0.3 is 19.3 Å². The second-order valence-electron chi connectivity index (χ2n) is 6.60. The SMILES string of the molecule is O=C(NNc1nc(N2CCOCC2)nc(N2CCCOC2)n1)c1ccc(F)cc1. The van der Waals surface area contributed by atoms with E-state index in [1.54, 1.807) is 0 Å². The van der Waals surface area contributed by atoms with Gasteiger partial charge in [-0.3, -0.25) is 15.6 Å². The lowest BCUT2D eigenvalue weighted by Gasteiger charge is -2.30. The molecule has 11 heteroatoms. The number of ether oxygens (including phenoxy) is 2. The first-order valence-corrected chi connectivity index (χ1v) is 9.42. The molecule has 10 nitrogen and oxygen atoms in total. The number of halogens is 1. The number of benzene rings is 1. The van der Waals surface area contributed by atoms with Crippen LogP contribution < -0.4 is 20.7 Å². The first-order valence-electron chi connectivity index (χ1n) is 9.42. The van der Waals surface area contributed by atoms with E-state index in [0.717, 1.165) is 13.0 Å². The van der Waals surface area contributed by atoms with Crippen LogP contribution in [0, 0.1) is 5.82 Å². The summed E-state index contributed by atoms with van der Waals surface area (Å²) in [6.45, 7) is 4.40. The molecule has 154 valence electrons. The average molecular weight is 403 g/mol. The van der Waals surface area contributed by atoms with E-state index in [0.29, 0.717) is 57.1 Å². The molecule has 2 fully saturated rings. The molecular formula is C18H22FN7O3. The third-order valence-corrected chi connectivity index (χ3v) is 4.55. The molecule has 0 atom stereocenters. The molecule has 0 aliphatic carbocycles. The maximum Gasteiger partial charge on any atom is 0.269 e. The topological polar surface area (TPSA) is 105 Å². The number of anilines is 3. The van der Waals surface area contributed by atoms with E-state index in [4.69, 9.17) is 9.47 Å². The maximum absolute atomic E-state index is 13.0. The number of hydrogen-bond acceptors (Lipinski definition) is 9. The largest absolute Gasteiger partial charge is 0.378 e. The molecule has 29 heavy (non-hydrogen) atoms. The molecule has 2 aliphatic heterocycles. The second kappa shape index (κ2) is 8.97. The zero-order valence-electron chi connectivity index (χ0n) is 15.8. The minimum Gasteiger partial charge on any atom is -0.378 e. The molecule has 0 spiro atoms. The predicted molar refractivity (Wildman–Crippen MR) is 103 cm³/mol. The van der Waals surface area contributed by atoms with Crippen molar-refractivity contribution in [3.63, 3.8) is 0 Å². The van der Waals surface area contributed by atoms with Crippen LogP contribution in [0.15, 0.2) is 24.3 Å². The van der Waals surface area contributed by atoms with E-state index in [9.17, 15) is 9.18 Å². The monoisotopic (exact) mass is 403 g/mol. The van der Waals surface area contributed by atoms with Crippen molar-refractivity contribution < 1.29 is 18.7 Å². The van der Waals surface area contributed by atoms with Crippen molar-refractivity contribution in [3.05, 3.63) is 35.6 Å². The molecular weight excluding hydrogens is 381 g/mol. The van der Waals surface area contributed by atoms with Crippen molar-refractivity contribution in [2.45, 2.75) is 6.42 Å². The highest BCUT2D eigenvalue weighted by molar-refractivity contribution is 5.94.